The molecule has 0 bridgehead atoms. The number of benzene rings is 1. The summed E-state index contributed by atoms with van der Waals surface area (Å²) in [5.41, 5.74) is 0.824. The minimum atomic E-state index is -1.11. The van der Waals surface area contributed by atoms with Crippen molar-refractivity contribution in [3.63, 3.8) is 0 Å². The first-order valence-electron chi connectivity index (χ1n) is 13.6. The Balaban J connectivity index is 0.000000293. The Hall–Kier alpha value is -2.61. The summed E-state index contributed by atoms with van der Waals surface area (Å²) in [6.45, 7) is 1.99. The lowest BCUT2D eigenvalue weighted by molar-refractivity contribution is -0.139. The van der Waals surface area contributed by atoms with Crippen LogP contribution in [0.4, 0.5) is 4.79 Å². The third-order valence-corrected chi connectivity index (χ3v) is 6.78. The van der Waals surface area contributed by atoms with Crippen LogP contribution < -0.4 is 16.0 Å². The van der Waals surface area contributed by atoms with Gasteiger partial charge in [0.2, 0.25) is 5.91 Å². The van der Waals surface area contributed by atoms with Crippen molar-refractivity contribution in [1.82, 2.24) is 16.0 Å². The summed E-state index contributed by atoms with van der Waals surface area (Å²) < 4.78 is 5.00. The molecule has 0 radical (unpaired) electrons. The van der Waals surface area contributed by atoms with Gasteiger partial charge in [0, 0.05) is 25.6 Å². The molecular formula is C28H45N3O5. The maximum atomic E-state index is 11.7. The second-order valence-electron chi connectivity index (χ2n) is 9.91. The molecule has 2 aliphatic rings. The molecular weight excluding hydrogens is 458 g/mol. The average molecular weight is 504 g/mol. The number of rotatable bonds is 11. The van der Waals surface area contributed by atoms with Gasteiger partial charge >= 0.3 is 12.1 Å². The average Bonchev–Trinajstić information content (AvgIpc) is 2.88. The first-order valence-corrected chi connectivity index (χ1v) is 13.6. The van der Waals surface area contributed by atoms with E-state index >= 15 is 0 Å². The predicted octanol–water partition coefficient (Wildman–Crippen LogP) is 4.91. The molecule has 4 N–H and O–H groups in total. The van der Waals surface area contributed by atoms with E-state index in [0.717, 1.165) is 17.6 Å². The fraction of sp³-hybridized carbons (Fsp3) is 0.679. The minimum Gasteiger partial charge on any atom is -0.480 e. The summed E-state index contributed by atoms with van der Waals surface area (Å²) in [5.74, 6) is -1.23. The Kier molecular flexibility index (Phi) is 14.6. The summed E-state index contributed by atoms with van der Waals surface area (Å²) in [5, 5.41) is 17.9. The van der Waals surface area contributed by atoms with Crippen LogP contribution in [-0.4, -0.2) is 47.7 Å². The number of carboxylic acids is 1. The molecule has 2 fully saturated rings. The Bertz CT molecular complexity index is 746. The third-order valence-electron chi connectivity index (χ3n) is 6.78. The lowest BCUT2D eigenvalue weighted by Crippen LogP contribution is -2.41. The van der Waals surface area contributed by atoms with E-state index in [0.29, 0.717) is 19.4 Å². The smallest absolute Gasteiger partial charge is 0.408 e. The lowest BCUT2D eigenvalue weighted by Gasteiger charge is -2.30. The van der Waals surface area contributed by atoms with Gasteiger partial charge < -0.3 is 25.8 Å². The van der Waals surface area contributed by atoms with E-state index in [-0.39, 0.29) is 18.9 Å². The molecule has 202 valence electrons. The molecule has 8 heteroatoms. The Morgan fingerprint density at radius 1 is 0.917 bits per heavy atom. The van der Waals surface area contributed by atoms with Crippen molar-refractivity contribution in [2.75, 3.05) is 6.54 Å². The predicted molar refractivity (Wildman–Crippen MR) is 141 cm³/mol. The largest absolute Gasteiger partial charge is 0.480 e. The summed E-state index contributed by atoms with van der Waals surface area (Å²) in [6.07, 6.45) is 15.3. The quantitative estimate of drug-likeness (QED) is 0.319. The molecule has 2 aliphatic carbocycles. The highest BCUT2D eigenvalue weighted by Gasteiger charge is 2.20. The van der Waals surface area contributed by atoms with Gasteiger partial charge in [-0.1, -0.05) is 68.9 Å². The standard InChI is InChI=1S/C16H22N2O5.C12H23N/c1-12(19)17-10-6-5-9-14(15(20)21)18-16(22)23-11-13-7-3-2-4-8-13;1-3-7-11(8-4-1)13-12-9-5-2-6-10-12/h2-4,7-8,14H,5-6,9-11H2,1H3,(H,17,19)(H,18,22)(H,20,21);11-13H,1-10H2. The van der Waals surface area contributed by atoms with Gasteiger partial charge in [0.15, 0.2) is 0 Å². The molecule has 1 unspecified atom stereocenters. The van der Waals surface area contributed by atoms with Crippen molar-refractivity contribution in [3.05, 3.63) is 35.9 Å². The van der Waals surface area contributed by atoms with Crippen LogP contribution in [0.5, 0.6) is 0 Å². The van der Waals surface area contributed by atoms with E-state index < -0.39 is 18.1 Å². The molecule has 0 saturated heterocycles. The van der Waals surface area contributed by atoms with Crippen LogP contribution in [0.25, 0.3) is 0 Å². The van der Waals surface area contributed by atoms with Crippen LogP contribution in [0.1, 0.15) is 96.0 Å². The van der Waals surface area contributed by atoms with Crippen LogP contribution in [0.3, 0.4) is 0 Å². The molecule has 0 heterocycles. The SMILES string of the molecule is C1CCC(NC2CCCCC2)CC1.CC(=O)NCCCCC(NC(=O)OCc1ccccc1)C(=O)O. The molecule has 2 amide bonds. The van der Waals surface area contributed by atoms with Crippen LogP contribution in [-0.2, 0) is 20.9 Å². The fourth-order valence-corrected chi connectivity index (χ4v) is 4.77. The number of aliphatic carboxylic acids is 1. The lowest BCUT2D eigenvalue weighted by atomic mass is 9.91. The van der Waals surface area contributed by atoms with Crippen molar-refractivity contribution in [3.8, 4) is 0 Å². The third kappa shape index (κ3) is 13.5. The van der Waals surface area contributed by atoms with E-state index in [1.165, 1.54) is 71.1 Å². The van der Waals surface area contributed by atoms with E-state index in [2.05, 4.69) is 16.0 Å². The van der Waals surface area contributed by atoms with E-state index in [1.807, 2.05) is 30.3 Å². The molecule has 1 aromatic rings. The first kappa shape index (κ1) is 29.6. The first-order chi connectivity index (χ1) is 17.4. The van der Waals surface area contributed by atoms with Crippen LogP contribution in [0.2, 0.25) is 0 Å². The van der Waals surface area contributed by atoms with Gasteiger partial charge in [-0.25, -0.2) is 9.59 Å². The van der Waals surface area contributed by atoms with E-state index in [4.69, 9.17) is 9.84 Å². The van der Waals surface area contributed by atoms with Crippen LogP contribution >= 0.6 is 0 Å². The molecule has 3 rings (SSSR count). The number of amides is 2. The molecule has 1 atom stereocenters. The Morgan fingerprint density at radius 3 is 2.03 bits per heavy atom. The molecule has 2 saturated carbocycles. The van der Waals surface area contributed by atoms with E-state index in [9.17, 15) is 14.4 Å². The van der Waals surface area contributed by atoms with Gasteiger partial charge in [-0.05, 0) is 50.5 Å². The van der Waals surface area contributed by atoms with E-state index in [1.54, 1.807) is 0 Å². The van der Waals surface area contributed by atoms with Gasteiger partial charge in [0.1, 0.15) is 12.6 Å². The molecule has 36 heavy (non-hydrogen) atoms. The minimum absolute atomic E-state index is 0.0849. The van der Waals surface area contributed by atoms with Gasteiger partial charge in [-0.15, -0.1) is 0 Å². The second kappa shape index (κ2) is 17.8. The maximum Gasteiger partial charge on any atom is 0.408 e. The highest BCUT2D eigenvalue weighted by Crippen LogP contribution is 2.22. The number of unbranched alkanes of at least 4 members (excludes halogenated alkanes) is 1. The van der Waals surface area contributed by atoms with Crippen molar-refractivity contribution in [2.45, 2.75) is 115 Å². The number of ether oxygens (including phenoxy) is 1. The summed E-state index contributed by atoms with van der Waals surface area (Å²) in [7, 11) is 0. The Labute approximate surface area is 215 Å². The summed E-state index contributed by atoms with van der Waals surface area (Å²) in [4.78, 5) is 33.5. The zero-order chi connectivity index (χ0) is 26.0. The molecule has 0 spiro atoms. The van der Waals surface area contributed by atoms with Crippen molar-refractivity contribution in [2.24, 2.45) is 0 Å². The van der Waals surface area contributed by atoms with Crippen molar-refractivity contribution >= 4 is 18.0 Å². The van der Waals surface area contributed by atoms with Gasteiger partial charge in [-0.3, -0.25) is 4.79 Å². The van der Waals surface area contributed by atoms with Crippen molar-refractivity contribution in [1.29, 1.82) is 0 Å². The van der Waals surface area contributed by atoms with Crippen LogP contribution in [0.15, 0.2) is 30.3 Å². The number of carboxylic acid groups (broad SMARTS) is 1. The number of hydrogen-bond acceptors (Lipinski definition) is 5. The van der Waals surface area contributed by atoms with Crippen LogP contribution in [0, 0.1) is 0 Å². The number of hydrogen-bond donors (Lipinski definition) is 4. The van der Waals surface area contributed by atoms with Gasteiger partial charge in [0.25, 0.3) is 0 Å². The number of nitrogens with one attached hydrogen (secondary N) is 3. The second-order valence-corrected chi connectivity index (χ2v) is 9.91. The molecule has 8 nitrogen and oxygen atoms in total. The Morgan fingerprint density at radius 2 is 1.50 bits per heavy atom. The zero-order valence-electron chi connectivity index (χ0n) is 21.8. The summed E-state index contributed by atoms with van der Waals surface area (Å²) >= 11 is 0. The van der Waals surface area contributed by atoms with Gasteiger partial charge in [0.05, 0.1) is 0 Å². The number of alkyl carbamates (subject to hydrolysis) is 1. The highest BCUT2D eigenvalue weighted by molar-refractivity contribution is 5.79. The molecule has 0 aliphatic heterocycles. The monoisotopic (exact) mass is 503 g/mol. The van der Waals surface area contributed by atoms with Gasteiger partial charge in [-0.2, -0.15) is 0 Å². The highest BCUT2D eigenvalue weighted by atomic mass is 16.5. The van der Waals surface area contributed by atoms with Crippen molar-refractivity contribution < 1.29 is 24.2 Å². The maximum absolute atomic E-state index is 11.7. The molecule has 0 aromatic heterocycles. The number of carbonyl (C=O) groups excluding carboxylic acids is 2. The normalized spacial score (nSPS) is 17.2. The topological polar surface area (TPSA) is 117 Å². The zero-order valence-corrected chi connectivity index (χ0v) is 21.8. The molecule has 1 aromatic carbocycles. The fourth-order valence-electron chi connectivity index (χ4n) is 4.77. The number of carbonyl (C=O) groups is 3. The summed E-state index contributed by atoms with van der Waals surface area (Å²) in [6, 6.07) is 9.86.